The first-order valence-corrected chi connectivity index (χ1v) is 11.4. The first kappa shape index (κ1) is 22.1. The fourth-order valence-corrected chi connectivity index (χ4v) is 5.41. The van der Waals surface area contributed by atoms with E-state index in [1.54, 1.807) is 5.38 Å². The standard InChI is InChI=1S/C23H17ClN4O5S/c1-26-22(33)28(10-15-12-34-19(25-15)13-5-3-2-4-6-13)21(32)23(26)16-9-14(24)7-8-17(16)27(20(23)31)11-18(29)30/h2-9,12H,10-11H2,1H3,(H,29,30)/t23-/m1/s1. The molecule has 2 aromatic carbocycles. The molecule has 1 atom stereocenters. The summed E-state index contributed by atoms with van der Waals surface area (Å²) < 4.78 is 0. The number of anilines is 1. The number of hydrogen-bond acceptors (Lipinski definition) is 6. The Morgan fingerprint density at radius 1 is 1.09 bits per heavy atom. The Balaban J connectivity index is 1.53. The lowest BCUT2D eigenvalue weighted by Crippen LogP contribution is -2.53. The molecular weight excluding hydrogens is 480 g/mol. The third-order valence-corrected chi connectivity index (χ3v) is 7.13. The van der Waals surface area contributed by atoms with Gasteiger partial charge in [0.15, 0.2) is 0 Å². The number of amides is 4. The number of nitrogens with zero attached hydrogens (tertiary/aromatic N) is 4. The van der Waals surface area contributed by atoms with Crippen LogP contribution in [0.3, 0.4) is 0 Å². The maximum Gasteiger partial charge on any atom is 0.328 e. The van der Waals surface area contributed by atoms with E-state index >= 15 is 0 Å². The molecule has 9 nitrogen and oxygen atoms in total. The molecule has 0 bridgehead atoms. The number of likely N-dealkylation sites (N-methyl/N-ethyl adjacent to an activating group) is 1. The average molecular weight is 497 g/mol. The first-order valence-electron chi connectivity index (χ1n) is 10.2. The predicted octanol–water partition coefficient (Wildman–Crippen LogP) is 3.18. The number of hydrogen-bond donors (Lipinski definition) is 1. The molecule has 0 unspecified atom stereocenters. The largest absolute Gasteiger partial charge is 0.480 e. The van der Waals surface area contributed by atoms with Gasteiger partial charge in [-0.15, -0.1) is 11.3 Å². The van der Waals surface area contributed by atoms with Crippen molar-refractivity contribution in [2.45, 2.75) is 12.1 Å². The van der Waals surface area contributed by atoms with Crippen LogP contribution in [-0.4, -0.2) is 57.3 Å². The van der Waals surface area contributed by atoms with Crippen LogP contribution < -0.4 is 4.90 Å². The highest BCUT2D eigenvalue weighted by Gasteiger charge is 2.67. The van der Waals surface area contributed by atoms with Crippen LogP contribution in [0, 0.1) is 0 Å². The fraction of sp³-hybridized carbons (Fsp3) is 0.174. The topological polar surface area (TPSA) is 111 Å². The number of thiazole rings is 1. The van der Waals surface area contributed by atoms with E-state index in [1.165, 1.54) is 36.6 Å². The van der Waals surface area contributed by atoms with Crippen LogP contribution in [-0.2, 0) is 26.5 Å². The molecule has 1 aromatic heterocycles. The zero-order valence-corrected chi connectivity index (χ0v) is 19.3. The predicted molar refractivity (Wildman–Crippen MR) is 124 cm³/mol. The van der Waals surface area contributed by atoms with E-state index in [4.69, 9.17) is 11.6 Å². The van der Waals surface area contributed by atoms with Crippen LogP contribution in [0.5, 0.6) is 0 Å². The monoisotopic (exact) mass is 496 g/mol. The van der Waals surface area contributed by atoms with Gasteiger partial charge in [0, 0.05) is 28.6 Å². The Labute approximate surface area is 202 Å². The van der Waals surface area contributed by atoms with Crippen LogP contribution in [0.1, 0.15) is 11.3 Å². The van der Waals surface area contributed by atoms with Crippen molar-refractivity contribution in [3.63, 3.8) is 0 Å². The van der Waals surface area contributed by atoms with E-state index in [-0.39, 0.29) is 22.8 Å². The van der Waals surface area contributed by atoms with Gasteiger partial charge in [-0.25, -0.2) is 9.78 Å². The highest BCUT2D eigenvalue weighted by Crippen LogP contribution is 2.49. The van der Waals surface area contributed by atoms with Gasteiger partial charge < -0.3 is 10.0 Å². The maximum atomic E-state index is 13.7. The molecule has 4 amide bonds. The molecule has 0 radical (unpaired) electrons. The smallest absolute Gasteiger partial charge is 0.328 e. The van der Waals surface area contributed by atoms with Crippen molar-refractivity contribution in [2.24, 2.45) is 0 Å². The zero-order chi connectivity index (χ0) is 24.2. The van der Waals surface area contributed by atoms with Crippen molar-refractivity contribution in [3.8, 4) is 10.6 Å². The van der Waals surface area contributed by atoms with Gasteiger partial charge in [0.05, 0.1) is 17.9 Å². The number of aliphatic carboxylic acids is 1. The summed E-state index contributed by atoms with van der Waals surface area (Å²) in [5, 5.41) is 12.1. The molecule has 0 aliphatic carbocycles. The number of benzene rings is 2. The number of carbonyl (C=O) groups excluding carboxylic acids is 3. The summed E-state index contributed by atoms with van der Waals surface area (Å²) in [7, 11) is 1.35. The van der Waals surface area contributed by atoms with E-state index in [0.717, 1.165) is 25.3 Å². The molecule has 1 spiro atoms. The minimum Gasteiger partial charge on any atom is -0.480 e. The Hall–Kier alpha value is -3.76. The number of carboxylic acid groups (broad SMARTS) is 1. The van der Waals surface area contributed by atoms with E-state index in [2.05, 4.69) is 4.98 Å². The van der Waals surface area contributed by atoms with Crippen molar-refractivity contribution in [3.05, 3.63) is 70.2 Å². The molecule has 2 aliphatic heterocycles. The van der Waals surface area contributed by atoms with Gasteiger partial charge in [-0.2, -0.15) is 0 Å². The molecule has 0 saturated carbocycles. The highest BCUT2D eigenvalue weighted by molar-refractivity contribution is 7.13. The Morgan fingerprint density at radius 3 is 2.50 bits per heavy atom. The summed E-state index contributed by atoms with van der Waals surface area (Å²) in [5.74, 6) is -2.83. The van der Waals surface area contributed by atoms with Gasteiger partial charge in [0.25, 0.3) is 11.8 Å². The minimum absolute atomic E-state index is 0.130. The number of urea groups is 1. The molecule has 172 valence electrons. The van der Waals surface area contributed by atoms with E-state index in [1.807, 2.05) is 30.3 Å². The second-order valence-electron chi connectivity index (χ2n) is 7.90. The van der Waals surface area contributed by atoms with Crippen molar-refractivity contribution in [1.82, 2.24) is 14.8 Å². The summed E-state index contributed by atoms with van der Waals surface area (Å²) in [5.41, 5.74) is -0.213. The third-order valence-electron chi connectivity index (χ3n) is 5.96. The van der Waals surface area contributed by atoms with Crippen LogP contribution >= 0.6 is 22.9 Å². The number of halogens is 1. The van der Waals surface area contributed by atoms with Gasteiger partial charge in [0.2, 0.25) is 5.54 Å². The molecule has 5 rings (SSSR count). The van der Waals surface area contributed by atoms with E-state index in [9.17, 15) is 24.3 Å². The van der Waals surface area contributed by atoms with Gasteiger partial charge >= 0.3 is 12.0 Å². The van der Waals surface area contributed by atoms with Crippen molar-refractivity contribution in [2.75, 3.05) is 18.5 Å². The lowest BCUT2D eigenvalue weighted by atomic mass is 9.90. The minimum atomic E-state index is -2.02. The van der Waals surface area contributed by atoms with Crippen molar-refractivity contribution >= 4 is 52.4 Å². The number of carbonyl (C=O) groups is 4. The second kappa shape index (κ2) is 7.93. The molecule has 1 fully saturated rings. The fourth-order valence-electron chi connectivity index (χ4n) is 4.42. The second-order valence-corrected chi connectivity index (χ2v) is 9.19. The lowest BCUT2D eigenvalue weighted by molar-refractivity contribution is -0.143. The average Bonchev–Trinajstić information content (AvgIpc) is 3.43. The lowest BCUT2D eigenvalue weighted by Gasteiger charge is -2.27. The summed E-state index contributed by atoms with van der Waals surface area (Å²) in [6.45, 7) is -0.785. The van der Waals surface area contributed by atoms with E-state index in [0.29, 0.717) is 5.69 Å². The molecule has 34 heavy (non-hydrogen) atoms. The molecule has 3 aromatic rings. The highest BCUT2D eigenvalue weighted by atomic mass is 35.5. The van der Waals surface area contributed by atoms with Crippen LogP contribution in [0.2, 0.25) is 5.02 Å². The van der Waals surface area contributed by atoms with Crippen LogP contribution in [0.15, 0.2) is 53.9 Å². The summed E-state index contributed by atoms with van der Waals surface area (Å²) in [6.07, 6.45) is 0. The van der Waals surface area contributed by atoms with Gasteiger partial charge in [0.1, 0.15) is 11.6 Å². The maximum absolute atomic E-state index is 13.7. The van der Waals surface area contributed by atoms with Gasteiger partial charge in [-0.1, -0.05) is 41.9 Å². The normalized spacial score (nSPS) is 19.5. The number of rotatable bonds is 5. The summed E-state index contributed by atoms with van der Waals surface area (Å²) >= 11 is 7.54. The number of carboxylic acids is 1. The number of aromatic nitrogens is 1. The molecule has 1 N–H and O–H groups in total. The summed E-state index contributed by atoms with van der Waals surface area (Å²) in [6, 6.07) is 13.2. The van der Waals surface area contributed by atoms with Crippen molar-refractivity contribution < 1.29 is 24.3 Å². The molecule has 1 saturated heterocycles. The molecule has 2 aliphatic rings. The zero-order valence-electron chi connectivity index (χ0n) is 17.8. The molecule has 11 heteroatoms. The Bertz CT molecular complexity index is 1360. The Morgan fingerprint density at radius 2 is 1.79 bits per heavy atom. The number of imide groups is 1. The van der Waals surface area contributed by atoms with Gasteiger partial charge in [-0.05, 0) is 18.2 Å². The first-order chi connectivity index (χ1) is 16.2. The van der Waals surface area contributed by atoms with Crippen molar-refractivity contribution in [1.29, 1.82) is 0 Å². The summed E-state index contributed by atoms with van der Waals surface area (Å²) in [4.78, 5) is 59.5. The third kappa shape index (κ3) is 3.10. The van der Waals surface area contributed by atoms with Crippen LogP contribution in [0.4, 0.5) is 10.5 Å². The van der Waals surface area contributed by atoms with Gasteiger partial charge in [-0.3, -0.25) is 24.2 Å². The quantitative estimate of drug-likeness (QED) is 0.429. The number of fused-ring (bicyclic) bond motifs is 2. The van der Waals surface area contributed by atoms with E-state index < -0.39 is 35.9 Å². The SMILES string of the molecule is CN1C(=O)N(Cc2csc(-c3ccccc3)n2)C(=O)[C@@]12C(=O)N(CC(=O)O)c1ccc(Cl)cc12. The van der Waals surface area contributed by atoms with Crippen LogP contribution in [0.25, 0.3) is 10.6 Å². The molecular formula is C23H17ClN4O5S. The Kier molecular flexibility index (Phi) is 5.14. The molecule has 3 heterocycles.